The molecule has 5 nitrogen and oxygen atoms in total. The zero-order valence-electron chi connectivity index (χ0n) is 13.4. The van der Waals surface area contributed by atoms with Gasteiger partial charge in [0.05, 0.1) is 19.0 Å². The summed E-state index contributed by atoms with van der Waals surface area (Å²) in [5.41, 5.74) is 8.55. The van der Waals surface area contributed by atoms with Gasteiger partial charge < -0.3 is 16.0 Å². The first-order chi connectivity index (χ1) is 10.5. The number of amides is 2. The van der Waals surface area contributed by atoms with Crippen LogP contribution < -0.4 is 16.0 Å². The van der Waals surface area contributed by atoms with Gasteiger partial charge in [-0.15, -0.1) is 0 Å². The predicted octanol–water partition coefficient (Wildman–Crippen LogP) is 0.276. The smallest absolute Gasteiger partial charge is 0.279 e. The molecule has 0 spiro atoms. The second-order valence-electron chi connectivity index (χ2n) is 6.13. The second kappa shape index (κ2) is 7.40. The molecule has 0 saturated carbocycles. The van der Waals surface area contributed by atoms with Gasteiger partial charge in [0, 0.05) is 5.69 Å². The van der Waals surface area contributed by atoms with Crippen LogP contribution in [0.5, 0.6) is 0 Å². The van der Waals surface area contributed by atoms with Gasteiger partial charge in [-0.25, -0.2) is 0 Å². The summed E-state index contributed by atoms with van der Waals surface area (Å²) in [4.78, 5) is 24.8. The number of hydrogen-bond donors (Lipinski definition) is 3. The van der Waals surface area contributed by atoms with Crippen LogP contribution in [0, 0.1) is 12.8 Å². The fraction of sp³-hybridized carbons (Fsp3) is 0.529. The van der Waals surface area contributed by atoms with E-state index in [4.69, 9.17) is 5.73 Å². The lowest BCUT2D eigenvalue weighted by atomic mass is 9.97. The van der Waals surface area contributed by atoms with Crippen LogP contribution in [-0.4, -0.2) is 31.4 Å². The Morgan fingerprint density at radius 1 is 1.41 bits per heavy atom. The minimum Gasteiger partial charge on any atom is -0.369 e. The van der Waals surface area contributed by atoms with Crippen molar-refractivity contribution in [2.24, 2.45) is 11.7 Å². The number of anilines is 1. The molecule has 5 heteroatoms. The van der Waals surface area contributed by atoms with E-state index < -0.39 is 0 Å². The third-order valence-electron chi connectivity index (χ3n) is 4.44. The summed E-state index contributed by atoms with van der Waals surface area (Å²) in [6, 6.07) is 6.06. The molecule has 2 atom stereocenters. The zero-order valence-corrected chi connectivity index (χ0v) is 13.4. The highest BCUT2D eigenvalue weighted by atomic mass is 16.2. The van der Waals surface area contributed by atoms with Gasteiger partial charge in [0.2, 0.25) is 5.91 Å². The first-order valence-electron chi connectivity index (χ1n) is 8.02. The van der Waals surface area contributed by atoms with Gasteiger partial charge in [0.15, 0.2) is 6.54 Å². The summed E-state index contributed by atoms with van der Waals surface area (Å²) in [6.45, 7) is 6.06. The molecule has 0 aliphatic carbocycles. The van der Waals surface area contributed by atoms with Crippen molar-refractivity contribution in [3.05, 3.63) is 29.3 Å². The normalized spacial score (nSPS) is 21.4. The summed E-state index contributed by atoms with van der Waals surface area (Å²) in [7, 11) is 0. The molecule has 0 bridgehead atoms. The summed E-state index contributed by atoms with van der Waals surface area (Å²) in [6.07, 6.45) is 2.68. The lowest BCUT2D eigenvalue weighted by Crippen LogP contribution is -3.14. The van der Waals surface area contributed by atoms with E-state index >= 15 is 0 Å². The number of hydrogen-bond acceptors (Lipinski definition) is 2. The van der Waals surface area contributed by atoms with E-state index in [0.29, 0.717) is 13.1 Å². The van der Waals surface area contributed by atoms with Gasteiger partial charge in [-0.1, -0.05) is 25.1 Å². The molecule has 0 aromatic heterocycles. The van der Waals surface area contributed by atoms with Gasteiger partial charge in [0.1, 0.15) is 0 Å². The van der Waals surface area contributed by atoms with Crippen LogP contribution in [0.3, 0.4) is 0 Å². The van der Waals surface area contributed by atoms with E-state index in [0.717, 1.165) is 47.5 Å². The highest BCUT2D eigenvalue weighted by Crippen LogP contribution is 2.20. The van der Waals surface area contributed by atoms with Crippen LogP contribution >= 0.6 is 0 Å². The number of quaternary nitrogens is 1. The predicted molar refractivity (Wildman–Crippen MR) is 86.7 cm³/mol. The molecule has 4 N–H and O–H groups in total. The van der Waals surface area contributed by atoms with Crippen molar-refractivity contribution < 1.29 is 14.5 Å². The third kappa shape index (κ3) is 4.07. The number of likely N-dealkylation sites (tertiary alicyclic amines) is 1. The van der Waals surface area contributed by atoms with Crippen molar-refractivity contribution in [1.29, 1.82) is 0 Å². The van der Waals surface area contributed by atoms with Crippen LogP contribution in [0.2, 0.25) is 0 Å². The molecule has 1 aliphatic rings. The average Bonchev–Trinajstić information content (AvgIpc) is 2.49. The van der Waals surface area contributed by atoms with Crippen molar-refractivity contribution in [1.82, 2.24) is 0 Å². The largest absolute Gasteiger partial charge is 0.369 e. The minimum atomic E-state index is -0.246. The van der Waals surface area contributed by atoms with Crippen molar-refractivity contribution in [2.45, 2.75) is 33.1 Å². The Hall–Kier alpha value is -1.88. The van der Waals surface area contributed by atoms with E-state index in [1.54, 1.807) is 0 Å². The summed E-state index contributed by atoms with van der Waals surface area (Å²) in [5, 5.41) is 3.05. The topological polar surface area (TPSA) is 76.6 Å². The highest BCUT2D eigenvalue weighted by molar-refractivity contribution is 5.93. The molecule has 2 rings (SSSR count). The van der Waals surface area contributed by atoms with Gasteiger partial charge in [-0.2, -0.15) is 0 Å². The molecule has 0 radical (unpaired) electrons. The van der Waals surface area contributed by atoms with Gasteiger partial charge >= 0.3 is 0 Å². The fourth-order valence-electron chi connectivity index (χ4n) is 3.17. The number of carbonyl (C=O) groups excluding carboxylic acids is 2. The maximum atomic E-state index is 12.3. The molecule has 2 amide bonds. The zero-order chi connectivity index (χ0) is 16.1. The van der Waals surface area contributed by atoms with Crippen LogP contribution in [0.4, 0.5) is 5.69 Å². The number of carbonyl (C=O) groups is 2. The molecule has 22 heavy (non-hydrogen) atoms. The lowest BCUT2D eigenvalue weighted by molar-refractivity contribution is -0.899. The monoisotopic (exact) mass is 304 g/mol. The Balaban J connectivity index is 1.97. The Morgan fingerprint density at radius 3 is 2.86 bits per heavy atom. The van der Waals surface area contributed by atoms with Crippen molar-refractivity contribution >= 4 is 17.5 Å². The number of nitrogens with two attached hydrogens (primary N) is 1. The Bertz CT molecular complexity index is 557. The third-order valence-corrected chi connectivity index (χ3v) is 4.44. The Morgan fingerprint density at radius 2 is 2.18 bits per heavy atom. The van der Waals surface area contributed by atoms with Crippen molar-refractivity contribution in [3.8, 4) is 0 Å². The molecule has 1 aliphatic heterocycles. The molecule has 1 unspecified atom stereocenters. The molecule has 1 saturated heterocycles. The van der Waals surface area contributed by atoms with Crippen LogP contribution in [0.25, 0.3) is 0 Å². The fourth-order valence-corrected chi connectivity index (χ4v) is 3.17. The maximum absolute atomic E-state index is 12.3. The Kier molecular flexibility index (Phi) is 5.55. The van der Waals surface area contributed by atoms with Crippen LogP contribution in [0.15, 0.2) is 18.2 Å². The van der Waals surface area contributed by atoms with E-state index in [2.05, 4.69) is 12.2 Å². The number of para-hydroxylation sites is 1. The quantitative estimate of drug-likeness (QED) is 0.730. The first-order valence-corrected chi connectivity index (χ1v) is 8.02. The highest BCUT2D eigenvalue weighted by Gasteiger charge is 2.28. The number of primary amides is 1. The van der Waals surface area contributed by atoms with E-state index in [-0.39, 0.29) is 17.7 Å². The number of rotatable bonds is 5. The number of benzene rings is 1. The van der Waals surface area contributed by atoms with E-state index in [1.807, 2.05) is 25.1 Å². The minimum absolute atomic E-state index is 0.00382. The number of nitrogens with one attached hydrogen (secondary N) is 2. The number of piperidine rings is 1. The molecule has 1 aromatic rings. The van der Waals surface area contributed by atoms with Gasteiger partial charge in [-0.05, 0) is 37.3 Å². The van der Waals surface area contributed by atoms with Crippen LogP contribution in [-0.2, 0) is 16.0 Å². The SMILES string of the molecule is CCc1cccc(C)c1NC(=O)C[NH+]1CCC[C@H](C(N)=O)C1. The molecular weight excluding hydrogens is 278 g/mol. The lowest BCUT2D eigenvalue weighted by Gasteiger charge is -2.27. The second-order valence-corrected chi connectivity index (χ2v) is 6.13. The Labute approximate surface area is 131 Å². The summed E-state index contributed by atoms with van der Waals surface area (Å²) < 4.78 is 0. The van der Waals surface area contributed by atoms with E-state index in [9.17, 15) is 9.59 Å². The summed E-state index contributed by atoms with van der Waals surface area (Å²) in [5.74, 6) is -0.338. The van der Waals surface area contributed by atoms with E-state index in [1.165, 1.54) is 0 Å². The maximum Gasteiger partial charge on any atom is 0.279 e. The standard InChI is InChI=1S/C17H25N3O2/c1-3-13-7-4-6-12(2)16(13)19-15(21)11-20-9-5-8-14(10-20)17(18)22/h4,6-7,14H,3,5,8-11H2,1-2H3,(H2,18,22)(H,19,21)/p+1/t14-/m0/s1. The molecule has 1 fully saturated rings. The van der Waals surface area contributed by atoms with Gasteiger partial charge in [-0.3, -0.25) is 9.59 Å². The summed E-state index contributed by atoms with van der Waals surface area (Å²) >= 11 is 0. The van der Waals surface area contributed by atoms with Crippen LogP contribution in [0.1, 0.15) is 30.9 Å². The molecule has 120 valence electrons. The van der Waals surface area contributed by atoms with Crippen molar-refractivity contribution in [3.63, 3.8) is 0 Å². The van der Waals surface area contributed by atoms with Crippen molar-refractivity contribution in [2.75, 3.05) is 25.0 Å². The number of aryl methyl sites for hydroxylation is 2. The molecule has 1 aromatic carbocycles. The molecular formula is C17H26N3O2+. The average molecular weight is 304 g/mol. The first kappa shape index (κ1) is 16.5. The van der Waals surface area contributed by atoms with Gasteiger partial charge in [0.25, 0.3) is 5.91 Å². The molecule has 1 heterocycles.